The Labute approximate surface area is 84.8 Å². The molecule has 14 heavy (non-hydrogen) atoms. The third-order valence-corrected chi connectivity index (χ3v) is 4.03. The van der Waals surface area contributed by atoms with E-state index in [1.807, 2.05) is 0 Å². The van der Waals surface area contributed by atoms with Crippen molar-refractivity contribution in [1.82, 2.24) is 4.90 Å². The zero-order chi connectivity index (χ0) is 9.54. The summed E-state index contributed by atoms with van der Waals surface area (Å²) in [5.41, 5.74) is 1.10. The summed E-state index contributed by atoms with van der Waals surface area (Å²) in [7, 11) is 0. The van der Waals surface area contributed by atoms with E-state index in [1.165, 1.54) is 32.1 Å². The quantitative estimate of drug-likeness (QED) is 0.509. The lowest BCUT2D eigenvalue weighted by Gasteiger charge is -2.41. The van der Waals surface area contributed by atoms with Gasteiger partial charge in [-0.05, 0) is 25.7 Å². The molecule has 78 valence electrons. The Bertz CT molecular complexity index is 244. The molecule has 0 amide bonds. The van der Waals surface area contributed by atoms with Gasteiger partial charge in [0.05, 0.1) is 5.71 Å². The molecular formula is C11H18N2O. The van der Waals surface area contributed by atoms with E-state index < -0.39 is 0 Å². The molecule has 1 N–H and O–H groups in total. The third-order valence-electron chi connectivity index (χ3n) is 4.03. The molecule has 1 saturated heterocycles. The van der Waals surface area contributed by atoms with Gasteiger partial charge in [-0.2, -0.15) is 0 Å². The number of hydrogen-bond acceptors (Lipinski definition) is 3. The first-order chi connectivity index (χ1) is 6.88. The first-order valence-electron chi connectivity index (χ1n) is 5.84. The molecule has 3 fully saturated rings. The maximum Gasteiger partial charge on any atom is 0.0657 e. The Morgan fingerprint density at radius 3 is 2.21 bits per heavy atom. The molecule has 2 bridgehead atoms. The van der Waals surface area contributed by atoms with Gasteiger partial charge in [0.2, 0.25) is 0 Å². The number of nitrogens with zero attached hydrogens (tertiary/aromatic N) is 2. The second kappa shape index (κ2) is 3.23. The molecule has 0 aromatic heterocycles. The van der Waals surface area contributed by atoms with Crippen LogP contribution in [0, 0.1) is 11.8 Å². The highest BCUT2D eigenvalue weighted by Gasteiger charge is 2.41. The van der Waals surface area contributed by atoms with Crippen LogP contribution in [0.15, 0.2) is 5.16 Å². The molecule has 3 aliphatic rings. The van der Waals surface area contributed by atoms with Crippen LogP contribution in [-0.2, 0) is 0 Å². The second-order valence-electron chi connectivity index (χ2n) is 5.03. The first-order valence-corrected chi connectivity index (χ1v) is 5.84. The normalized spacial score (nSPS) is 41.6. The summed E-state index contributed by atoms with van der Waals surface area (Å²) in [6.07, 6.45) is 6.58. The van der Waals surface area contributed by atoms with Crippen LogP contribution in [0.5, 0.6) is 0 Å². The largest absolute Gasteiger partial charge is 0.411 e. The van der Waals surface area contributed by atoms with Crippen LogP contribution in [-0.4, -0.2) is 35.0 Å². The summed E-state index contributed by atoms with van der Waals surface area (Å²) in [6, 6.07) is 0.873. The molecule has 0 unspecified atom stereocenters. The Morgan fingerprint density at radius 2 is 1.71 bits per heavy atom. The van der Waals surface area contributed by atoms with Gasteiger partial charge in [0, 0.05) is 31.0 Å². The molecule has 2 aliphatic carbocycles. The minimum absolute atomic E-state index is 0.563. The molecule has 2 atom stereocenters. The fourth-order valence-corrected chi connectivity index (χ4v) is 3.15. The topological polar surface area (TPSA) is 35.8 Å². The van der Waals surface area contributed by atoms with E-state index in [-0.39, 0.29) is 0 Å². The Morgan fingerprint density at radius 1 is 1.07 bits per heavy atom. The highest BCUT2D eigenvalue weighted by atomic mass is 16.4. The lowest BCUT2D eigenvalue weighted by Crippen LogP contribution is -2.49. The third kappa shape index (κ3) is 1.34. The van der Waals surface area contributed by atoms with Crippen molar-refractivity contribution in [2.45, 2.75) is 38.1 Å². The summed E-state index contributed by atoms with van der Waals surface area (Å²) in [4.78, 5) is 2.63. The van der Waals surface area contributed by atoms with E-state index in [1.54, 1.807) is 0 Å². The predicted octanol–water partition coefficient (Wildman–Crippen LogP) is 1.71. The van der Waals surface area contributed by atoms with Crippen LogP contribution in [0.2, 0.25) is 0 Å². The maximum absolute atomic E-state index is 9.01. The lowest BCUT2D eigenvalue weighted by molar-refractivity contribution is 0.161. The highest BCUT2D eigenvalue weighted by Crippen LogP contribution is 2.37. The number of hydrogen-bond donors (Lipinski definition) is 1. The molecule has 0 aromatic carbocycles. The lowest BCUT2D eigenvalue weighted by atomic mass is 9.76. The minimum atomic E-state index is 0.563. The molecule has 1 aliphatic heterocycles. The average molecular weight is 194 g/mol. The minimum Gasteiger partial charge on any atom is -0.411 e. The maximum atomic E-state index is 9.01. The molecule has 0 radical (unpaired) electrons. The summed E-state index contributed by atoms with van der Waals surface area (Å²) in [6.45, 7) is 2.31. The van der Waals surface area contributed by atoms with Crippen molar-refractivity contribution >= 4 is 5.71 Å². The van der Waals surface area contributed by atoms with Gasteiger partial charge in [-0.1, -0.05) is 11.6 Å². The van der Waals surface area contributed by atoms with Crippen LogP contribution in [0.25, 0.3) is 0 Å². The van der Waals surface area contributed by atoms with Crippen molar-refractivity contribution in [3.63, 3.8) is 0 Å². The van der Waals surface area contributed by atoms with E-state index >= 15 is 0 Å². The summed E-state index contributed by atoms with van der Waals surface area (Å²) < 4.78 is 0. The van der Waals surface area contributed by atoms with Crippen molar-refractivity contribution in [3.05, 3.63) is 0 Å². The number of likely N-dealkylation sites (tertiary alicyclic amines) is 1. The molecule has 3 heteroatoms. The summed E-state index contributed by atoms with van der Waals surface area (Å²) >= 11 is 0. The van der Waals surface area contributed by atoms with Gasteiger partial charge >= 0.3 is 0 Å². The Balaban J connectivity index is 1.78. The van der Waals surface area contributed by atoms with E-state index in [0.29, 0.717) is 11.8 Å². The smallest absolute Gasteiger partial charge is 0.0657 e. The van der Waals surface area contributed by atoms with Crippen LogP contribution < -0.4 is 0 Å². The molecule has 0 aromatic rings. The molecule has 3 nitrogen and oxygen atoms in total. The first kappa shape index (κ1) is 8.72. The van der Waals surface area contributed by atoms with Gasteiger partial charge in [0.15, 0.2) is 0 Å². The molecule has 2 saturated carbocycles. The van der Waals surface area contributed by atoms with E-state index in [4.69, 9.17) is 5.21 Å². The molecule has 3 rings (SSSR count). The van der Waals surface area contributed by atoms with E-state index in [9.17, 15) is 0 Å². The fraction of sp³-hybridized carbons (Fsp3) is 0.909. The van der Waals surface area contributed by atoms with Gasteiger partial charge in [-0.25, -0.2) is 0 Å². The van der Waals surface area contributed by atoms with Crippen molar-refractivity contribution in [1.29, 1.82) is 0 Å². The van der Waals surface area contributed by atoms with Crippen molar-refractivity contribution in [2.24, 2.45) is 17.0 Å². The van der Waals surface area contributed by atoms with Crippen molar-refractivity contribution in [2.75, 3.05) is 13.1 Å². The standard InChI is InChI=1S/C11H18N2O/c14-12-11-8-2-1-3-9(11)7-13(6-8)10-4-5-10/h8-10,14H,1-7H2/t8-,9+. The van der Waals surface area contributed by atoms with Gasteiger partial charge < -0.3 is 5.21 Å². The van der Waals surface area contributed by atoms with Gasteiger partial charge in [-0.15, -0.1) is 0 Å². The van der Waals surface area contributed by atoms with E-state index in [2.05, 4.69) is 10.1 Å². The molecule has 1 heterocycles. The van der Waals surface area contributed by atoms with E-state index in [0.717, 1.165) is 24.8 Å². The van der Waals surface area contributed by atoms with Crippen molar-refractivity contribution in [3.8, 4) is 0 Å². The Kier molecular flexibility index (Phi) is 2.01. The predicted molar refractivity (Wildman–Crippen MR) is 54.6 cm³/mol. The van der Waals surface area contributed by atoms with Crippen LogP contribution in [0.3, 0.4) is 0 Å². The van der Waals surface area contributed by atoms with Gasteiger partial charge in [0.1, 0.15) is 0 Å². The van der Waals surface area contributed by atoms with Crippen LogP contribution in [0.1, 0.15) is 32.1 Å². The summed E-state index contributed by atoms with van der Waals surface area (Å²) in [5, 5.41) is 12.5. The van der Waals surface area contributed by atoms with Gasteiger partial charge in [-0.3, -0.25) is 4.90 Å². The van der Waals surface area contributed by atoms with Gasteiger partial charge in [0.25, 0.3) is 0 Å². The fourth-order valence-electron chi connectivity index (χ4n) is 3.15. The van der Waals surface area contributed by atoms with Crippen LogP contribution in [0.4, 0.5) is 0 Å². The monoisotopic (exact) mass is 194 g/mol. The molecule has 0 spiro atoms. The number of rotatable bonds is 1. The highest BCUT2D eigenvalue weighted by molar-refractivity contribution is 5.90. The SMILES string of the molecule is ON=C1[C@@H]2CCC[C@H]1CN(C1CC1)C2. The van der Waals surface area contributed by atoms with Crippen molar-refractivity contribution < 1.29 is 5.21 Å². The zero-order valence-corrected chi connectivity index (χ0v) is 8.52. The Hall–Kier alpha value is -0.570. The number of oxime groups is 1. The zero-order valence-electron chi connectivity index (χ0n) is 8.52. The molecular weight excluding hydrogens is 176 g/mol. The second-order valence-corrected chi connectivity index (χ2v) is 5.03. The average Bonchev–Trinajstić information content (AvgIpc) is 2.98. The van der Waals surface area contributed by atoms with Crippen LogP contribution >= 0.6 is 0 Å². The number of fused-ring (bicyclic) bond motifs is 2. The summed E-state index contributed by atoms with van der Waals surface area (Å²) in [5.74, 6) is 1.13. The number of piperidine rings is 1.